The third-order valence-corrected chi connectivity index (χ3v) is 7.44. The van der Waals surface area contributed by atoms with E-state index in [9.17, 15) is 13.2 Å². The second kappa shape index (κ2) is 5.44. The molecule has 1 aliphatic rings. The van der Waals surface area contributed by atoms with Crippen LogP contribution >= 0.6 is 0 Å². The number of rotatable bonds is 3. The molecule has 0 radical (unpaired) electrons. The normalized spacial score (nSPS) is 34.0. The molecule has 4 heteroatoms. The van der Waals surface area contributed by atoms with E-state index in [2.05, 4.69) is 13.8 Å². The Balaban J connectivity index is 2.49. The Morgan fingerprint density at radius 1 is 1.31 bits per heavy atom. The molecule has 1 atom stereocenters. The monoisotopic (exact) mass is 349 g/mol. The zero-order valence-corrected chi connectivity index (χ0v) is 12.4. The van der Waals surface area contributed by atoms with Crippen LogP contribution in [-0.4, -0.2) is 14.0 Å². The van der Waals surface area contributed by atoms with Gasteiger partial charge in [0.15, 0.2) is 0 Å². The standard InChI is InChI=1S/C12H21F3I/c1-4-16-11(3)7-5-10(6-8-11)9(2)12(13,14)15/h9-10H,4-8H2,1-3H3/q-1. The molecular formula is C12H21F3I-. The van der Waals surface area contributed by atoms with E-state index in [0.29, 0.717) is 3.42 Å². The summed E-state index contributed by atoms with van der Waals surface area (Å²) in [6.07, 6.45) is -0.426. The Morgan fingerprint density at radius 2 is 1.81 bits per heavy atom. The van der Waals surface area contributed by atoms with Crippen LogP contribution in [0.25, 0.3) is 0 Å². The molecule has 98 valence electrons. The molecule has 1 saturated carbocycles. The van der Waals surface area contributed by atoms with Gasteiger partial charge in [0.05, 0.1) is 0 Å². The third-order valence-electron chi connectivity index (χ3n) is 3.75. The summed E-state index contributed by atoms with van der Waals surface area (Å²) in [7, 11) is 0. The minimum absolute atomic E-state index is 0.131. The Labute approximate surface area is 107 Å². The van der Waals surface area contributed by atoms with E-state index in [0.717, 1.165) is 25.7 Å². The predicted octanol–water partition coefficient (Wildman–Crippen LogP) is 1.24. The first-order valence-electron chi connectivity index (χ1n) is 5.95. The molecule has 0 aromatic rings. The molecule has 1 aliphatic carbocycles. The van der Waals surface area contributed by atoms with E-state index in [1.807, 2.05) is 0 Å². The fourth-order valence-electron chi connectivity index (χ4n) is 2.47. The van der Waals surface area contributed by atoms with Crippen molar-refractivity contribution in [3.63, 3.8) is 0 Å². The summed E-state index contributed by atoms with van der Waals surface area (Å²) in [5.74, 6) is -1.24. The first-order chi connectivity index (χ1) is 7.28. The molecule has 0 nitrogen and oxygen atoms in total. The van der Waals surface area contributed by atoms with Crippen LogP contribution in [0.2, 0.25) is 0 Å². The fraction of sp³-hybridized carbons (Fsp3) is 1.00. The van der Waals surface area contributed by atoms with Crippen LogP contribution < -0.4 is 21.2 Å². The Hall–Kier alpha value is 0.520. The number of halogens is 4. The maximum atomic E-state index is 12.6. The third kappa shape index (κ3) is 3.77. The van der Waals surface area contributed by atoms with Crippen molar-refractivity contribution >= 4 is 0 Å². The van der Waals surface area contributed by atoms with Gasteiger partial charge < -0.3 is 0 Å². The average Bonchev–Trinajstić information content (AvgIpc) is 2.16. The van der Waals surface area contributed by atoms with E-state index in [1.54, 1.807) is 0 Å². The van der Waals surface area contributed by atoms with Gasteiger partial charge in [-0.2, -0.15) is 0 Å². The molecule has 0 N–H and O–H groups in total. The van der Waals surface area contributed by atoms with Crippen LogP contribution in [0.15, 0.2) is 0 Å². The van der Waals surface area contributed by atoms with Gasteiger partial charge in [-0.1, -0.05) is 0 Å². The molecule has 1 unspecified atom stereocenters. The number of hydrogen-bond donors (Lipinski definition) is 0. The molecule has 0 spiro atoms. The van der Waals surface area contributed by atoms with E-state index in [1.165, 1.54) is 11.4 Å². The molecule has 0 heterocycles. The summed E-state index contributed by atoms with van der Waals surface area (Å²) < 4.78 is 39.4. The van der Waals surface area contributed by atoms with Crippen LogP contribution in [0, 0.1) is 11.8 Å². The topological polar surface area (TPSA) is 0 Å². The van der Waals surface area contributed by atoms with E-state index < -0.39 is 12.1 Å². The van der Waals surface area contributed by atoms with Crippen molar-refractivity contribution in [2.45, 2.75) is 56.1 Å². The quantitative estimate of drug-likeness (QED) is 0.531. The second-order valence-corrected chi connectivity index (χ2v) is 9.87. The van der Waals surface area contributed by atoms with Crippen molar-refractivity contribution in [3.8, 4) is 0 Å². The van der Waals surface area contributed by atoms with Crippen LogP contribution in [0.3, 0.4) is 0 Å². The first-order valence-corrected chi connectivity index (χ1v) is 8.56. The van der Waals surface area contributed by atoms with Gasteiger partial charge in [0.1, 0.15) is 0 Å². The molecule has 0 aromatic carbocycles. The number of hydrogen-bond acceptors (Lipinski definition) is 0. The summed E-state index contributed by atoms with van der Waals surface area (Å²) >= 11 is 0.174. The average molecular weight is 349 g/mol. The number of alkyl halides is 5. The molecule has 1 fully saturated rings. The Kier molecular flexibility index (Phi) is 4.96. The first kappa shape index (κ1) is 14.6. The zero-order chi connectivity index (χ0) is 12.4. The van der Waals surface area contributed by atoms with Gasteiger partial charge in [0.25, 0.3) is 0 Å². The Bertz CT molecular complexity index is 217. The summed E-state index contributed by atoms with van der Waals surface area (Å²) in [5.41, 5.74) is 0. The van der Waals surface area contributed by atoms with Gasteiger partial charge in [-0.3, -0.25) is 0 Å². The minimum atomic E-state index is -4.00. The summed E-state index contributed by atoms with van der Waals surface area (Å²) in [5, 5.41) is 0. The van der Waals surface area contributed by atoms with Gasteiger partial charge in [0.2, 0.25) is 0 Å². The molecule has 0 amide bonds. The van der Waals surface area contributed by atoms with Gasteiger partial charge in [0, 0.05) is 0 Å². The SMILES string of the molecule is CC[I-]C1(C)CCC(C(C)C(F)(F)F)CC1. The van der Waals surface area contributed by atoms with Crippen molar-refractivity contribution < 1.29 is 34.4 Å². The van der Waals surface area contributed by atoms with Crippen LogP contribution in [0.1, 0.15) is 46.5 Å². The van der Waals surface area contributed by atoms with E-state index >= 15 is 0 Å². The van der Waals surface area contributed by atoms with Crippen LogP contribution in [-0.2, 0) is 0 Å². The van der Waals surface area contributed by atoms with Gasteiger partial charge in [-0.15, -0.1) is 0 Å². The van der Waals surface area contributed by atoms with Crippen LogP contribution in [0.4, 0.5) is 13.2 Å². The van der Waals surface area contributed by atoms with E-state index in [4.69, 9.17) is 0 Å². The van der Waals surface area contributed by atoms with Crippen molar-refractivity contribution in [1.82, 2.24) is 0 Å². The zero-order valence-electron chi connectivity index (χ0n) is 10.2. The van der Waals surface area contributed by atoms with Crippen molar-refractivity contribution in [2.24, 2.45) is 11.8 Å². The molecule has 0 aromatic heterocycles. The second-order valence-electron chi connectivity index (χ2n) is 4.98. The maximum absolute atomic E-state index is 12.6. The fourth-order valence-corrected chi connectivity index (χ4v) is 5.69. The van der Waals surface area contributed by atoms with Crippen molar-refractivity contribution in [1.29, 1.82) is 0 Å². The van der Waals surface area contributed by atoms with E-state index in [-0.39, 0.29) is 27.1 Å². The summed E-state index contributed by atoms with van der Waals surface area (Å²) in [4.78, 5) is 0. The van der Waals surface area contributed by atoms with Gasteiger partial charge in [-0.25, -0.2) is 0 Å². The molecule has 16 heavy (non-hydrogen) atoms. The predicted molar refractivity (Wildman–Crippen MR) is 56.1 cm³/mol. The van der Waals surface area contributed by atoms with Crippen molar-refractivity contribution in [2.75, 3.05) is 4.43 Å². The molecule has 0 aliphatic heterocycles. The van der Waals surface area contributed by atoms with Gasteiger partial charge in [-0.05, 0) is 0 Å². The van der Waals surface area contributed by atoms with Gasteiger partial charge >= 0.3 is 107 Å². The summed E-state index contributed by atoms with van der Waals surface area (Å²) in [6, 6.07) is 0. The Morgan fingerprint density at radius 3 is 2.19 bits per heavy atom. The molecule has 0 saturated heterocycles. The molecule has 0 bridgehead atoms. The van der Waals surface area contributed by atoms with Crippen molar-refractivity contribution in [3.05, 3.63) is 0 Å². The summed E-state index contributed by atoms with van der Waals surface area (Å²) in [6.45, 7) is 5.82. The molecule has 1 rings (SSSR count). The van der Waals surface area contributed by atoms with Crippen LogP contribution in [0.5, 0.6) is 0 Å². The molecular weight excluding hydrogens is 328 g/mol.